The lowest BCUT2D eigenvalue weighted by molar-refractivity contribution is -0.138. The summed E-state index contributed by atoms with van der Waals surface area (Å²) in [6, 6.07) is -0.877. The zero-order valence-corrected chi connectivity index (χ0v) is 8.03. The zero-order valence-electron chi connectivity index (χ0n) is 8.03. The molecule has 0 heterocycles. The SMILES string of the molecule is NCCNC(=O)CCC[C@H](N)C(=O)O. The summed E-state index contributed by atoms with van der Waals surface area (Å²) < 4.78 is 0. The third-order valence-corrected chi connectivity index (χ3v) is 1.70. The summed E-state index contributed by atoms with van der Waals surface area (Å²) in [6.45, 7) is 0.851. The number of carbonyl (C=O) groups excluding carboxylic acids is 1. The van der Waals surface area contributed by atoms with Crippen LogP contribution in [0.1, 0.15) is 19.3 Å². The number of aliphatic carboxylic acids is 1. The highest BCUT2D eigenvalue weighted by Crippen LogP contribution is 1.98. The van der Waals surface area contributed by atoms with Crippen LogP contribution >= 0.6 is 0 Å². The van der Waals surface area contributed by atoms with Crippen LogP contribution in [-0.4, -0.2) is 36.1 Å². The lowest BCUT2D eigenvalue weighted by Crippen LogP contribution is -2.31. The Labute approximate surface area is 82.6 Å². The summed E-state index contributed by atoms with van der Waals surface area (Å²) in [5, 5.41) is 11.0. The van der Waals surface area contributed by atoms with Crippen molar-refractivity contribution >= 4 is 11.9 Å². The molecule has 6 nitrogen and oxygen atoms in total. The van der Waals surface area contributed by atoms with Crippen LogP contribution in [0.25, 0.3) is 0 Å². The number of amides is 1. The van der Waals surface area contributed by atoms with Gasteiger partial charge in [-0.3, -0.25) is 9.59 Å². The van der Waals surface area contributed by atoms with E-state index in [0.717, 1.165) is 0 Å². The molecule has 14 heavy (non-hydrogen) atoms. The number of carboxylic acid groups (broad SMARTS) is 1. The van der Waals surface area contributed by atoms with Gasteiger partial charge in [0.25, 0.3) is 0 Å². The highest BCUT2D eigenvalue weighted by Gasteiger charge is 2.11. The first-order chi connectivity index (χ1) is 6.57. The fourth-order valence-electron chi connectivity index (χ4n) is 0.906. The highest BCUT2D eigenvalue weighted by atomic mass is 16.4. The number of nitrogens with one attached hydrogen (secondary N) is 1. The molecular weight excluding hydrogens is 186 g/mol. The summed E-state index contributed by atoms with van der Waals surface area (Å²) in [7, 11) is 0. The minimum absolute atomic E-state index is 0.118. The van der Waals surface area contributed by atoms with E-state index in [0.29, 0.717) is 32.4 Å². The summed E-state index contributed by atoms with van der Waals surface area (Å²) in [4.78, 5) is 21.3. The number of nitrogens with two attached hydrogens (primary N) is 2. The van der Waals surface area contributed by atoms with Gasteiger partial charge in [0.15, 0.2) is 0 Å². The van der Waals surface area contributed by atoms with E-state index >= 15 is 0 Å². The summed E-state index contributed by atoms with van der Waals surface area (Å²) in [5.41, 5.74) is 10.4. The Balaban J connectivity index is 3.44. The van der Waals surface area contributed by atoms with Crippen molar-refractivity contribution in [2.75, 3.05) is 13.1 Å². The van der Waals surface area contributed by atoms with Crippen LogP contribution in [0.5, 0.6) is 0 Å². The second-order valence-corrected chi connectivity index (χ2v) is 2.98. The number of hydrogen-bond donors (Lipinski definition) is 4. The Kier molecular flexibility index (Phi) is 6.69. The van der Waals surface area contributed by atoms with Crippen molar-refractivity contribution in [3.05, 3.63) is 0 Å². The van der Waals surface area contributed by atoms with Gasteiger partial charge in [-0.1, -0.05) is 0 Å². The van der Waals surface area contributed by atoms with Gasteiger partial charge in [-0.15, -0.1) is 0 Å². The Bertz CT molecular complexity index is 196. The predicted octanol–water partition coefficient (Wildman–Crippen LogP) is -1.36. The Morgan fingerprint density at radius 3 is 2.57 bits per heavy atom. The van der Waals surface area contributed by atoms with Crippen molar-refractivity contribution < 1.29 is 14.7 Å². The molecule has 0 rings (SSSR count). The topological polar surface area (TPSA) is 118 Å². The highest BCUT2D eigenvalue weighted by molar-refractivity contribution is 5.76. The van der Waals surface area contributed by atoms with Gasteiger partial charge in [-0.2, -0.15) is 0 Å². The van der Waals surface area contributed by atoms with E-state index in [4.69, 9.17) is 16.6 Å². The van der Waals surface area contributed by atoms with Gasteiger partial charge < -0.3 is 21.9 Å². The van der Waals surface area contributed by atoms with Crippen LogP contribution < -0.4 is 16.8 Å². The van der Waals surface area contributed by atoms with Crippen molar-refractivity contribution in [1.29, 1.82) is 0 Å². The first kappa shape index (κ1) is 12.9. The van der Waals surface area contributed by atoms with Crippen LogP contribution in [0.2, 0.25) is 0 Å². The van der Waals surface area contributed by atoms with Crippen molar-refractivity contribution in [1.82, 2.24) is 5.32 Å². The Morgan fingerprint density at radius 2 is 2.07 bits per heavy atom. The molecule has 0 aliphatic carbocycles. The lowest BCUT2D eigenvalue weighted by atomic mass is 10.1. The number of carbonyl (C=O) groups is 2. The zero-order chi connectivity index (χ0) is 11.0. The van der Waals surface area contributed by atoms with Gasteiger partial charge in [0, 0.05) is 19.5 Å². The fourth-order valence-corrected chi connectivity index (χ4v) is 0.906. The molecule has 0 saturated heterocycles. The molecule has 0 fully saturated rings. The largest absolute Gasteiger partial charge is 0.480 e. The number of hydrogen-bond acceptors (Lipinski definition) is 4. The second-order valence-electron chi connectivity index (χ2n) is 2.98. The van der Waals surface area contributed by atoms with Crippen molar-refractivity contribution in [2.45, 2.75) is 25.3 Å². The summed E-state index contributed by atoms with van der Waals surface area (Å²) in [5.74, 6) is -1.15. The third kappa shape index (κ3) is 6.38. The molecule has 1 atom stereocenters. The molecule has 0 aliphatic heterocycles. The average Bonchev–Trinajstić information content (AvgIpc) is 2.14. The van der Waals surface area contributed by atoms with Gasteiger partial charge in [0.05, 0.1) is 0 Å². The van der Waals surface area contributed by atoms with Crippen molar-refractivity contribution in [3.8, 4) is 0 Å². The predicted molar refractivity (Wildman–Crippen MR) is 51.5 cm³/mol. The molecule has 0 aromatic rings. The summed E-state index contributed by atoms with van der Waals surface area (Å²) in [6.07, 6.45) is 1.08. The molecule has 6 heteroatoms. The number of carboxylic acids is 1. The van der Waals surface area contributed by atoms with E-state index in [1.807, 2.05) is 0 Å². The molecular formula is C8H17N3O3. The van der Waals surface area contributed by atoms with Crippen LogP contribution in [0, 0.1) is 0 Å². The number of rotatable bonds is 7. The van der Waals surface area contributed by atoms with Crippen LogP contribution in [-0.2, 0) is 9.59 Å². The molecule has 6 N–H and O–H groups in total. The van der Waals surface area contributed by atoms with E-state index in [9.17, 15) is 9.59 Å². The van der Waals surface area contributed by atoms with E-state index in [1.165, 1.54) is 0 Å². The molecule has 0 aliphatic rings. The first-order valence-corrected chi connectivity index (χ1v) is 4.53. The Hall–Kier alpha value is -1.14. The third-order valence-electron chi connectivity index (χ3n) is 1.70. The molecule has 0 saturated carbocycles. The van der Waals surface area contributed by atoms with Crippen LogP contribution in [0.15, 0.2) is 0 Å². The fraction of sp³-hybridized carbons (Fsp3) is 0.750. The lowest BCUT2D eigenvalue weighted by Gasteiger charge is -2.06. The van der Waals surface area contributed by atoms with Crippen LogP contribution in [0.3, 0.4) is 0 Å². The van der Waals surface area contributed by atoms with Crippen LogP contribution in [0.4, 0.5) is 0 Å². The molecule has 0 aromatic carbocycles. The average molecular weight is 203 g/mol. The maximum atomic E-state index is 11.0. The van der Waals surface area contributed by atoms with E-state index in [2.05, 4.69) is 5.32 Å². The minimum Gasteiger partial charge on any atom is -0.480 e. The van der Waals surface area contributed by atoms with Gasteiger partial charge in [0.2, 0.25) is 5.91 Å². The Morgan fingerprint density at radius 1 is 1.43 bits per heavy atom. The second kappa shape index (κ2) is 7.28. The molecule has 0 unspecified atom stereocenters. The van der Waals surface area contributed by atoms with Gasteiger partial charge >= 0.3 is 5.97 Å². The standard InChI is InChI=1S/C8H17N3O3/c9-4-5-11-7(12)3-1-2-6(10)8(13)14/h6H,1-5,9-10H2,(H,11,12)(H,13,14)/t6-/m0/s1. The molecule has 0 aromatic heterocycles. The molecule has 0 spiro atoms. The summed E-state index contributed by atoms with van der Waals surface area (Å²) >= 11 is 0. The maximum Gasteiger partial charge on any atom is 0.320 e. The molecule has 0 bridgehead atoms. The van der Waals surface area contributed by atoms with E-state index < -0.39 is 12.0 Å². The quantitative estimate of drug-likeness (QED) is 0.407. The van der Waals surface area contributed by atoms with Gasteiger partial charge in [0.1, 0.15) is 6.04 Å². The molecule has 0 radical (unpaired) electrons. The maximum absolute atomic E-state index is 11.0. The smallest absolute Gasteiger partial charge is 0.320 e. The van der Waals surface area contributed by atoms with Crippen molar-refractivity contribution in [3.63, 3.8) is 0 Å². The van der Waals surface area contributed by atoms with E-state index in [-0.39, 0.29) is 5.91 Å². The van der Waals surface area contributed by atoms with Gasteiger partial charge in [-0.05, 0) is 12.8 Å². The first-order valence-electron chi connectivity index (χ1n) is 4.53. The minimum atomic E-state index is -1.03. The van der Waals surface area contributed by atoms with E-state index in [1.54, 1.807) is 0 Å². The molecule has 1 amide bonds. The monoisotopic (exact) mass is 203 g/mol. The normalized spacial score (nSPS) is 12.1. The molecule has 82 valence electrons. The van der Waals surface area contributed by atoms with Gasteiger partial charge in [-0.25, -0.2) is 0 Å². The van der Waals surface area contributed by atoms with Crippen molar-refractivity contribution in [2.24, 2.45) is 11.5 Å².